The van der Waals surface area contributed by atoms with Crippen LogP contribution >= 0.6 is 7.75 Å². The van der Waals surface area contributed by atoms with Crippen molar-refractivity contribution in [2.24, 2.45) is 0 Å². The van der Waals surface area contributed by atoms with Gasteiger partial charge in [-0.2, -0.15) is 15.4 Å². The molecule has 19 heteroatoms. The Bertz CT molecular complexity index is 2040. The van der Waals surface area contributed by atoms with Crippen LogP contribution in [0.1, 0.15) is 45.0 Å². The molecule has 6 N–H and O–H groups in total. The summed E-state index contributed by atoms with van der Waals surface area (Å²) >= 11 is 0. The number of carboxylic acid groups (broad SMARTS) is 1. The van der Waals surface area contributed by atoms with E-state index in [1.165, 1.54) is 35.7 Å². The van der Waals surface area contributed by atoms with Crippen LogP contribution in [0.2, 0.25) is 0 Å². The van der Waals surface area contributed by atoms with Crippen molar-refractivity contribution in [3.05, 3.63) is 90.4 Å². The number of esters is 1. The van der Waals surface area contributed by atoms with Crippen LogP contribution in [0, 0.1) is 11.3 Å². The molecule has 0 aliphatic carbocycles. The molecule has 1 saturated heterocycles. The number of para-hydroxylation sites is 1. The average molecular weight is 752 g/mol. The minimum absolute atomic E-state index is 0.0367. The Morgan fingerprint density at radius 3 is 2.40 bits per heavy atom. The molecule has 0 saturated carbocycles. The molecule has 4 aromatic rings. The highest BCUT2D eigenvalue weighted by Crippen LogP contribution is 2.48. The molecule has 1 aliphatic heterocycles. The number of hydrogen-bond acceptors (Lipinski definition) is 14. The van der Waals surface area contributed by atoms with Crippen molar-refractivity contribution < 1.29 is 52.4 Å². The molecule has 0 spiro atoms. The molecule has 2 aromatic carbocycles. The number of anilines is 1. The van der Waals surface area contributed by atoms with E-state index in [-0.39, 0.29) is 28.3 Å². The third kappa shape index (κ3) is 8.74. The number of carbonyl (C=O) groups excluding carboxylic acids is 2. The summed E-state index contributed by atoms with van der Waals surface area (Å²) in [6.07, 6.45) is -5.13. The van der Waals surface area contributed by atoms with Crippen molar-refractivity contribution >= 4 is 37.1 Å². The number of rotatable bonds is 13. The molecule has 1 aliphatic rings. The maximum absolute atomic E-state index is 14.1. The maximum atomic E-state index is 14.1. The van der Waals surface area contributed by atoms with Crippen LogP contribution in [-0.2, 0) is 38.5 Å². The SMILES string of the molecule is CC(N[P@](=O)(OC[C@H]1O[C@@](C#N)(c2ccc3c(N)ncnn23)[C@H](OC(=O)C(NC(=O)OC(C)(C)C)c2ccccc2)[C@@H]1O)Oc1ccccc1)C(=O)O. The molecule has 280 valence electrons. The number of hydrogen-bond donors (Lipinski definition) is 5. The molecular weight excluding hydrogens is 713 g/mol. The lowest BCUT2D eigenvalue weighted by atomic mass is 9.92. The second-order valence-corrected chi connectivity index (χ2v) is 14.6. The van der Waals surface area contributed by atoms with E-state index in [4.69, 9.17) is 29.0 Å². The van der Waals surface area contributed by atoms with Crippen LogP contribution in [0.25, 0.3) is 5.52 Å². The maximum Gasteiger partial charge on any atom is 0.459 e. The number of aromatic nitrogens is 3. The highest BCUT2D eigenvalue weighted by molar-refractivity contribution is 7.52. The highest BCUT2D eigenvalue weighted by Gasteiger charge is 2.61. The number of carboxylic acids is 1. The molecule has 1 fully saturated rings. The number of aliphatic carboxylic acids is 1. The van der Waals surface area contributed by atoms with Crippen LogP contribution in [0.15, 0.2) is 79.1 Å². The van der Waals surface area contributed by atoms with Gasteiger partial charge in [-0.3, -0.25) is 9.32 Å². The number of carbonyl (C=O) groups is 3. The molecule has 1 amide bonds. The Labute approximate surface area is 303 Å². The first kappa shape index (κ1) is 38.7. The molecule has 0 bridgehead atoms. The van der Waals surface area contributed by atoms with Gasteiger partial charge in [-0.15, -0.1) is 0 Å². The summed E-state index contributed by atoms with van der Waals surface area (Å²) in [7, 11) is -4.54. The molecule has 7 atom stereocenters. The Morgan fingerprint density at radius 2 is 1.77 bits per heavy atom. The average Bonchev–Trinajstić information content (AvgIpc) is 3.66. The van der Waals surface area contributed by atoms with Crippen LogP contribution in [0.5, 0.6) is 5.75 Å². The van der Waals surface area contributed by atoms with Gasteiger partial charge in [0.2, 0.25) is 5.60 Å². The zero-order valence-electron chi connectivity index (χ0n) is 29.0. The van der Waals surface area contributed by atoms with E-state index in [0.29, 0.717) is 0 Å². The zero-order valence-corrected chi connectivity index (χ0v) is 29.9. The number of nitriles is 1. The fraction of sp³-hybridized carbons (Fsp3) is 0.353. The van der Waals surface area contributed by atoms with Gasteiger partial charge in [0, 0.05) is 0 Å². The minimum Gasteiger partial charge on any atom is -0.480 e. The Balaban J connectivity index is 1.52. The van der Waals surface area contributed by atoms with Gasteiger partial charge >= 0.3 is 25.8 Å². The standard InChI is InChI=1S/C34H38N7O11P/c1-20(30(43)44)40-53(47,52-22-13-9-6-10-14-22)48-17-24-27(42)28(34(18-35,50-24)25-16-15-23-29(36)37-19-38-41(23)25)49-31(45)26(21-11-7-5-8-12-21)39-32(46)51-33(2,3)4/h5-16,19-20,24,26-28,42H,17H2,1-4H3,(H,39,46)(H,40,47)(H,43,44)(H2,36,37,38)/t20?,24-,26?,27-,28-,34+,53+/m1/s1. The summed E-state index contributed by atoms with van der Waals surface area (Å²) in [5, 5.41) is 41.1. The van der Waals surface area contributed by atoms with E-state index in [1.54, 1.807) is 69.3 Å². The lowest BCUT2D eigenvalue weighted by Crippen LogP contribution is -2.47. The van der Waals surface area contributed by atoms with Gasteiger partial charge < -0.3 is 40.0 Å². The van der Waals surface area contributed by atoms with Gasteiger partial charge in [-0.1, -0.05) is 48.5 Å². The molecule has 18 nitrogen and oxygen atoms in total. The van der Waals surface area contributed by atoms with Crippen molar-refractivity contribution in [1.29, 1.82) is 5.26 Å². The minimum atomic E-state index is -4.54. The van der Waals surface area contributed by atoms with E-state index in [1.807, 2.05) is 6.07 Å². The summed E-state index contributed by atoms with van der Waals surface area (Å²) in [5.74, 6) is -2.38. The number of amides is 1. The number of alkyl carbamates (subject to hydrolysis) is 1. The van der Waals surface area contributed by atoms with Gasteiger partial charge in [0.15, 0.2) is 18.0 Å². The number of nitrogens with one attached hydrogen (secondary N) is 2. The molecule has 2 aromatic heterocycles. The third-order valence-electron chi connectivity index (χ3n) is 7.83. The summed E-state index contributed by atoms with van der Waals surface area (Å²) in [5.41, 5.74) is 3.27. The van der Waals surface area contributed by atoms with Gasteiger partial charge in [0.05, 0.1) is 12.3 Å². The van der Waals surface area contributed by atoms with Crippen molar-refractivity contribution in [2.75, 3.05) is 12.3 Å². The van der Waals surface area contributed by atoms with Crippen LogP contribution < -0.4 is 20.7 Å². The van der Waals surface area contributed by atoms with Gasteiger partial charge in [-0.05, 0) is 57.5 Å². The molecular formula is C34H38N7O11P. The quantitative estimate of drug-likeness (QED) is 0.0970. The number of nitrogens with zero attached hydrogens (tertiary/aromatic N) is 4. The first-order valence-corrected chi connectivity index (χ1v) is 17.7. The third-order valence-corrected chi connectivity index (χ3v) is 9.47. The molecule has 53 heavy (non-hydrogen) atoms. The van der Waals surface area contributed by atoms with E-state index in [0.717, 1.165) is 6.33 Å². The summed E-state index contributed by atoms with van der Waals surface area (Å²) in [6, 6.07) is 17.8. The van der Waals surface area contributed by atoms with Crippen molar-refractivity contribution in [2.45, 2.75) is 69.3 Å². The second kappa shape index (κ2) is 15.6. The predicted octanol–water partition coefficient (Wildman–Crippen LogP) is 3.23. The molecule has 5 rings (SSSR count). The van der Waals surface area contributed by atoms with E-state index >= 15 is 0 Å². The number of benzene rings is 2. The first-order chi connectivity index (χ1) is 25.1. The predicted molar refractivity (Wildman–Crippen MR) is 185 cm³/mol. The Morgan fingerprint density at radius 1 is 1.11 bits per heavy atom. The fourth-order valence-electron chi connectivity index (χ4n) is 5.40. The normalized spacial score (nSPS) is 22.2. The second-order valence-electron chi connectivity index (χ2n) is 12.9. The van der Waals surface area contributed by atoms with Crippen molar-refractivity contribution in [3.8, 4) is 11.8 Å². The number of ether oxygens (including phenoxy) is 3. The lowest BCUT2D eigenvalue weighted by Gasteiger charge is -2.29. The number of nitrogens with two attached hydrogens (primary N) is 1. The molecule has 3 heterocycles. The highest BCUT2D eigenvalue weighted by atomic mass is 31.2. The van der Waals surface area contributed by atoms with Crippen LogP contribution in [0.3, 0.4) is 0 Å². The Kier molecular flexibility index (Phi) is 11.4. The van der Waals surface area contributed by atoms with Gasteiger partial charge in [-0.25, -0.2) is 23.7 Å². The summed E-state index contributed by atoms with van der Waals surface area (Å²) in [4.78, 5) is 42.6. The monoisotopic (exact) mass is 751 g/mol. The lowest BCUT2D eigenvalue weighted by molar-refractivity contribution is -0.163. The van der Waals surface area contributed by atoms with E-state index < -0.39 is 74.0 Å². The van der Waals surface area contributed by atoms with Crippen LogP contribution in [0.4, 0.5) is 10.6 Å². The van der Waals surface area contributed by atoms with Crippen molar-refractivity contribution in [1.82, 2.24) is 25.0 Å². The number of nitrogen functional groups attached to an aromatic ring is 1. The zero-order chi connectivity index (χ0) is 38.6. The first-order valence-electron chi connectivity index (χ1n) is 16.2. The van der Waals surface area contributed by atoms with E-state index in [2.05, 4.69) is 20.5 Å². The van der Waals surface area contributed by atoms with Crippen LogP contribution in [-0.4, -0.2) is 79.4 Å². The smallest absolute Gasteiger partial charge is 0.459 e. The van der Waals surface area contributed by atoms with Gasteiger partial charge in [0.1, 0.15) is 47.5 Å². The number of aliphatic hydroxyl groups is 1. The van der Waals surface area contributed by atoms with Crippen molar-refractivity contribution in [3.63, 3.8) is 0 Å². The Hall–Kier alpha value is -5.57. The molecule has 2 unspecified atom stereocenters. The number of fused-ring (bicyclic) bond motifs is 1. The molecule has 0 radical (unpaired) electrons. The largest absolute Gasteiger partial charge is 0.480 e. The summed E-state index contributed by atoms with van der Waals surface area (Å²) in [6.45, 7) is 5.35. The topological polar surface area (TPSA) is 259 Å². The van der Waals surface area contributed by atoms with Gasteiger partial charge in [0.25, 0.3) is 0 Å². The fourth-order valence-corrected chi connectivity index (χ4v) is 6.91. The van der Waals surface area contributed by atoms with E-state index in [9.17, 15) is 34.4 Å². The number of aliphatic hydroxyl groups excluding tert-OH is 1. The summed E-state index contributed by atoms with van der Waals surface area (Å²) < 4.78 is 43.8.